The lowest BCUT2D eigenvalue weighted by molar-refractivity contribution is 0.0811. The topological polar surface area (TPSA) is 82.9 Å². The van der Waals surface area contributed by atoms with Crippen molar-refractivity contribution in [2.24, 2.45) is 5.84 Å². The summed E-state index contributed by atoms with van der Waals surface area (Å²) in [5, 5.41) is 0.684. The van der Waals surface area contributed by atoms with Crippen LogP contribution in [0.2, 0.25) is 25.7 Å². The van der Waals surface area contributed by atoms with Crippen molar-refractivity contribution in [1.29, 1.82) is 0 Å². The van der Waals surface area contributed by atoms with Crippen LogP contribution < -0.4 is 16.0 Å². The number of hydrazine groups is 1. The zero-order chi connectivity index (χ0) is 18.6. The van der Waals surface area contributed by atoms with Gasteiger partial charge in [-0.2, -0.15) is 0 Å². The molecule has 1 aromatic heterocycles. The molecule has 1 aromatic carbocycles. The maximum absolute atomic E-state index is 12.1. The lowest BCUT2D eigenvalue weighted by atomic mass is 10.2. The number of ether oxygens (including phenoxy) is 2. The predicted molar refractivity (Wildman–Crippen MR) is 101 cm³/mol. The fraction of sp³-hybridized carbons (Fsp3) is 0.412. The Bertz CT molecular complexity index is 818. The van der Waals surface area contributed by atoms with Crippen molar-refractivity contribution in [3.8, 4) is 5.75 Å². The Hall–Kier alpha value is -2.34. The van der Waals surface area contributed by atoms with E-state index >= 15 is 0 Å². The number of hydrogen-bond donors (Lipinski definition) is 2. The Morgan fingerprint density at radius 3 is 2.68 bits per heavy atom. The van der Waals surface area contributed by atoms with Crippen LogP contribution in [0.25, 0.3) is 15.7 Å². The molecule has 25 heavy (non-hydrogen) atoms. The lowest BCUT2D eigenvalue weighted by Crippen LogP contribution is -2.32. The zero-order valence-corrected chi connectivity index (χ0v) is 16.0. The van der Waals surface area contributed by atoms with Gasteiger partial charge in [-0.1, -0.05) is 25.7 Å². The fourth-order valence-corrected chi connectivity index (χ4v) is 3.29. The van der Waals surface area contributed by atoms with E-state index in [1.807, 2.05) is 0 Å². The van der Waals surface area contributed by atoms with Gasteiger partial charge in [0.15, 0.2) is 0 Å². The number of carbonyl (C=O) groups is 1. The average molecular weight is 360 g/mol. The second-order valence-corrected chi connectivity index (χ2v) is 12.6. The molecule has 0 spiro atoms. The Labute approximate surface area is 148 Å². The summed E-state index contributed by atoms with van der Waals surface area (Å²) in [6.07, 6.45) is 0. The molecule has 0 aliphatic rings. The minimum absolute atomic E-state index is 0.233. The van der Waals surface area contributed by atoms with E-state index in [-0.39, 0.29) is 6.73 Å². The van der Waals surface area contributed by atoms with E-state index in [4.69, 9.17) is 21.9 Å². The molecule has 0 radical (unpaired) electrons. The van der Waals surface area contributed by atoms with Gasteiger partial charge < -0.3 is 14.0 Å². The number of nitrogens with one attached hydrogen (secondary N) is 1. The molecule has 8 heteroatoms. The summed E-state index contributed by atoms with van der Waals surface area (Å²) in [5.74, 6) is 5.33. The number of benzene rings is 1. The van der Waals surface area contributed by atoms with Crippen molar-refractivity contribution in [1.82, 2.24) is 9.99 Å². The van der Waals surface area contributed by atoms with Crippen LogP contribution >= 0.6 is 0 Å². The molecular weight excluding hydrogens is 336 g/mol. The maximum Gasteiger partial charge on any atom is 0.281 e. The van der Waals surface area contributed by atoms with Crippen molar-refractivity contribution in [2.75, 3.05) is 13.7 Å². The van der Waals surface area contributed by atoms with Crippen molar-refractivity contribution >= 4 is 30.6 Å². The monoisotopic (exact) mass is 360 g/mol. The normalized spacial score (nSPS) is 11.4. The van der Waals surface area contributed by atoms with Crippen molar-refractivity contribution < 1.29 is 14.3 Å². The van der Waals surface area contributed by atoms with Gasteiger partial charge in [-0.25, -0.2) is 10.7 Å². The highest BCUT2D eigenvalue weighted by atomic mass is 28.3. The maximum atomic E-state index is 12.1. The van der Waals surface area contributed by atoms with Gasteiger partial charge >= 0.3 is 0 Å². The van der Waals surface area contributed by atoms with Gasteiger partial charge in [0.25, 0.3) is 5.91 Å². The van der Waals surface area contributed by atoms with Crippen LogP contribution in [0.1, 0.15) is 10.5 Å². The summed E-state index contributed by atoms with van der Waals surface area (Å²) in [4.78, 5) is 15.6. The summed E-state index contributed by atoms with van der Waals surface area (Å²) in [6.45, 7) is 15.0. The number of nitrogens with zero attached hydrogens (tertiary/aromatic N) is 2. The third-order valence-corrected chi connectivity index (χ3v) is 5.62. The number of methoxy groups -OCH3 is 1. The Morgan fingerprint density at radius 2 is 2.12 bits per heavy atom. The lowest BCUT2D eigenvalue weighted by Gasteiger charge is -2.16. The molecule has 0 atom stereocenters. The number of hydrogen-bond acceptors (Lipinski definition) is 4. The smallest absolute Gasteiger partial charge is 0.281 e. The number of nitrogen functional groups attached to an aromatic ring is 1. The second kappa shape index (κ2) is 7.69. The molecule has 1 heterocycles. The summed E-state index contributed by atoms with van der Waals surface area (Å²) in [6, 6.07) is 6.18. The van der Waals surface area contributed by atoms with Crippen molar-refractivity contribution in [3.05, 3.63) is 35.3 Å². The van der Waals surface area contributed by atoms with Crippen LogP contribution in [0.15, 0.2) is 18.2 Å². The van der Waals surface area contributed by atoms with Crippen LogP contribution in [0.4, 0.5) is 5.69 Å². The highest BCUT2D eigenvalue weighted by Gasteiger charge is 2.20. The first-order valence-corrected chi connectivity index (χ1v) is 11.7. The molecule has 0 saturated heterocycles. The van der Waals surface area contributed by atoms with Gasteiger partial charge in [0.1, 0.15) is 18.2 Å². The van der Waals surface area contributed by atoms with E-state index in [0.717, 1.165) is 11.6 Å². The van der Waals surface area contributed by atoms with Crippen LogP contribution in [0.3, 0.4) is 0 Å². The highest BCUT2D eigenvalue weighted by molar-refractivity contribution is 6.76. The van der Waals surface area contributed by atoms with Gasteiger partial charge in [-0.05, 0) is 18.2 Å². The van der Waals surface area contributed by atoms with Gasteiger partial charge in [0, 0.05) is 20.1 Å². The van der Waals surface area contributed by atoms with Crippen molar-refractivity contribution in [3.63, 3.8) is 0 Å². The molecule has 134 valence electrons. The average Bonchev–Trinajstić information content (AvgIpc) is 2.94. The second-order valence-electron chi connectivity index (χ2n) is 6.94. The van der Waals surface area contributed by atoms with Gasteiger partial charge in [-0.15, -0.1) is 0 Å². The molecule has 1 amide bonds. The minimum Gasteiger partial charge on any atom is -0.507 e. The third-order valence-electron chi connectivity index (χ3n) is 3.92. The molecule has 0 fully saturated rings. The Morgan fingerprint density at radius 1 is 1.40 bits per heavy atom. The standard InChI is InChI=1S/C17H24N4O3Si/c1-19-13-6-7-14-12(16(13)23-2)10-15(17(22)20-18)21(14)11-24-8-9-25(3,4)5/h6-7,10H,8-9,11,18H2,2-5H3,(H,20,22). The number of aromatic nitrogens is 1. The molecule has 2 rings (SSSR count). The quantitative estimate of drug-likeness (QED) is 0.198. The number of nitrogens with two attached hydrogens (primary N) is 1. The van der Waals surface area contributed by atoms with Crippen molar-refractivity contribution in [2.45, 2.75) is 32.4 Å². The fourth-order valence-electron chi connectivity index (χ4n) is 2.53. The zero-order valence-electron chi connectivity index (χ0n) is 15.0. The number of fused-ring (bicyclic) bond motifs is 1. The Kier molecular flexibility index (Phi) is 5.84. The van der Waals surface area contributed by atoms with E-state index in [2.05, 4.69) is 29.9 Å². The van der Waals surface area contributed by atoms with E-state index in [0.29, 0.717) is 29.1 Å². The number of carbonyl (C=O) groups excluding carboxylic acids is 1. The summed E-state index contributed by atoms with van der Waals surface area (Å²) >= 11 is 0. The van der Waals surface area contributed by atoms with Crippen LogP contribution in [0, 0.1) is 6.57 Å². The van der Waals surface area contributed by atoms with Crippen LogP contribution in [0.5, 0.6) is 5.75 Å². The van der Waals surface area contributed by atoms with E-state index in [1.165, 1.54) is 7.11 Å². The first kappa shape index (κ1) is 19.0. The van der Waals surface area contributed by atoms with E-state index < -0.39 is 14.0 Å². The summed E-state index contributed by atoms with van der Waals surface area (Å²) in [5.41, 5.74) is 3.68. The number of amides is 1. The first-order valence-electron chi connectivity index (χ1n) is 7.98. The SMILES string of the molecule is [C-]#[N+]c1ccc2c(cc(C(=O)NN)n2COCC[Si](C)(C)C)c1OC. The van der Waals surface area contributed by atoms with Crippen LogP contribution in [-0.2, 0) is 11.5 Å². The molecular formula is C17H24N4O3Si. The highest BCUT2D eigenvalue weighted by Crippen LogP contribution is 2.37. The largest absolute Gasteiger partial charge is 0.507 e. The molecule has 2 aromatic rings. The molecule has 0 bridgehead atoms. The molecule has 0 saturated carbocycles. The van der Waals surface area contributed by atoms with Gasteiger partial charge in [0.2, 0.25) is 5.69 Å². The summed E-state index contributed by atoms with van der Waals surface area (Å²) < 4.78 is 12.9. The molecule has 0 aliphatic heterocycles. The van der Waals surface area contributed by atoms with Gasteiger partial charge in [-0.3, -0.25) is 10.2 Å². The molecule has 0 aliphatic carbocycles. The van der Waals surface area contributed by atoms with E-state index in [1.54, 1.807) is 22.8 Å². The Balaban J connectivity index is 2.42. The summed E-state index contributed by atoms with van der Waals surface area (Å²) in [7, 11) is 0.319. The molecule has 3 N–H and O–H groups in total. The number of rotatable bonds is 7. The predicted octanol–water partition coefficient (Wildman–Crippen LogP) is 3.12. The van der Waals surface area contributed by atoms with Crippen LogP contribution in [-0.4, -0.2) is 32.3 Å². The molecule has 0 unspecified atom stereocenters. The van der Waals surface area contributed by atoms with E-state index in [9.17, 15) is 4.79 Å². The van der Waals surface area contributed by atoms with Gasteiger partial charge in [0.05, 0.1) is 19.2 Å². The molecule has 7 nitrogen and oxygen atoms in total. The first-order chi connectivity index (χ1) is 11.8. The minimum atomic E-state index is -1.19. The third kappa shape index (κ3) is 4.20.